The van der Waals surface area contributed by atoms with Crippen LogP contribution in [-0.4, -0.2) is 23.2 Å². The SMILES string of the molecule is O=S(=O)(O)C(c1ccccc1)(c1cc(Cl)c(O)c(Cl)c1O)c1c(Cl)cccc1Cl. The topological polar surface area (TPSA) is 94.8 Å². The number of aromatic hydroxyl groups is 2. The van der Waals surface area contributed by atoms with Crippen LogP contribution < -0.4 is 0 Å². The van der Waals surface area contributed by atoms with E-state index in [0.29, 0.717) is 0 Å². The van der Waals surface area contributed by atoms with Crippen molar-refractivity contribution in [2.75, 3.05) is 0 Å². The van der Waals surface area contributed by atoms with Crippen LogP contribution in [0.3, 0.4) is 0 Å². The normalized spacial score (nSPS) is 13.8. The van der Waals surface area contributed by atoms with Crippen molar-refractivity contribution in [3.63, 3.8) is 0 Å². The highest BCUT2D eigenvalue weighted by atomic mass is 35.5. The molecule has 0 saturated carbocycles. The van der Waals surface area contributed by atoms with E-state index in [2.05, 4.69) is 0 Å². The summed E-state index contributed by atoms with van der Waals surface area (Å²) in [5.74, 6) is -1.47. The van der Waals surface area contributed by atoms with Crippen LogP contribution in [0, 0.1) is 0 Å². The van der Waals surface area contributed by atoms with Gasteiger partial charge in [-0.1, -0.05) is 82.8 Å². The van der Waals surface area contributed by atoms with Gasteiger partial charge in [0.25, 0.3) is 10.1 Å². The van der Waals surface area contributed by atoms with Gasteiger partial charge in [-0.3, -0.25) is 4.55 Å². The van der Waals surface area contributed by atoms with Crippen LogP contribution in [0.2, 0.25) is 20.1 Å². The van der Waals surface area contributed by atoms with E-state index < -0.39 is 37.0 Å². The van der Waals surface area contributed by atoms with Gasteiger partial charge in [0.1, 0.15) is 10.8 Å². The van der Waals surface area contributed by atoms with Crippen molar-refractivity contribution in [1.82, 2.24) is 0 Å². The van der Waals surface area contributed by atoms with Crippen LogP contribution in [0.5, 0.6) is 11.5 Å². The van der Waals surface area contributed by atoms with Gasteiger partial charge in [0.05, 0.1) is 5.02 Å². The molecule has 0 fully saturated rings. The van der Waals surface area contributed by atoms with E-state index in [4.69, 9.17) is 46.4 Å². The molecule has 1 atom stereocenters. The predicted molar refractivity (Wildman–Crippen MR) is 114 cm³/mol. The Morgan fingerprint density at radius 3 is 1.83 bits per heavy atom. The van der Waals surface area contributed by atoms with Gasteiger partial charge in [0, 0.05) is 21.2 Å². The van der Waals surface area contributed by atoms with E-state index in [-0.39, 0.29) is 26.2 Å². The highest BCUT2D eigenvalue weighted by Gasteiger charge is 2.53. The summed E-state index contributed by atoms with van der Waals surface area (Å²) >= 11 is 24.6. The van der Waals surface area contributed by atoms with Crippen LogP contribution in [0.1, 0.15) is 16.7 Å². The summed E-state index contributed by atoms with van der Waals surface area (Å²) in [6.07, 6.45) is 0. The summed E-state index contributed by atoms with van der Waals surface area (Å²) in [7, 11) is -5.13. The zero-order valence-corrected chi connectivity index (χ0v) is 18.1. The third-order valence-electron chi connectivity index (χ3n) is 4.43. The fraction of sp³-hybridized carbons (Fsp3) is 0.0526. The van der Waals surface area contributed by atoms with Crippen molar-refractivity contribution in [2.24, 2.45) is 0 Å². The van der Waals surface area contributed by atoms with Gasteiger partial charge in [-0.15, -0.1) is 0 Å². The maximum atomic E-state index is 13.0. The number of phenols is 2. The number of hydrogen-bond donors (Lipinski definition) is 3. The van der Waals surface area contributed by atoms with E-state index in [1.54, 1.807) is 6.07 Å². The first kappa shape index (κ1) is 22.0. The summed E-state index contributed by atoms with van der Waals surface area (Å²) < 4.78 is 34.0. The monoisotopic (exact) mass is 492 g/mol. The van der Waals surface area contributed by atoms with Crippen molar-refractivity contribution in [3.05, 3.63) is 91.4 Å². The minimum Gasteiger partial charge on any atom is -0.506 e. The van der Waals surface area contributed by atoms with E-state index in [1.165, 1.54) is 42.5 Å². The van der Waals surface area contributed by atoms with E-state index in [1.807, 2.05) is 0 Å². The molecule has 10 heteroatoms. The van der Waals surface area contributed by atoms with Gasteiger partial charge in [-0.2, -0.15) is 8.42 Å². The molecule has 3 aromatic rings. The van der Waals surface area contributed by atoms with Crippen molar-refractivity contribution < 1.29 is 23.2 Å². The Labute approximate surface area is 186 Å². The Bertz CT molecular complexity index is 1180. The average Bonchev–Trinajstić information content (AvgIpc) is 2.66. The number of phenolic OH excluding ortho intramolecular Hbond substituents is 2. The molecular weight excluding hydrogens is 482 g/mol. The Kier molecular flexibility index (Phi) is 5.98. The predicted octanol–water partition coefficient (Wildman–Crippen LogP) is 5.89. The summed E-state index contributed by atoms with van der Waals surface area (Å²) in [4.78, 5) is 0. The molecule has 0 aliphatic carbocycles. The quantitative estimate of drug-likeness (QED) is 0.311. The van der Waals surface area contributed by atoms with Crippen molar-refractivity contribution in [1.29, 1.82) is 0 Å². The van der Waals surface area contributed by atoms with Gasteiger partial charge >= 0.3 is 0 Å². The number of benzene rings is 3. The zero-order valence-electron chi connectivity index (χ0n) is 14.3. The summed E-state index contributed by atoms with van der Waals surface area (Å²) in [6.45, 7) is 0. The Balaban J connectivity index is 2.67. The molecule has 0 spiro atoms. The van der Waals surface area contributed by atoms with Gasteiger partial charge in [-0.25, -0.2) is 0 Å². The van der Waals surface area contributed by atoms with Crippen LogP contribution >= 0.6 is 46.4 Å². The third-order valence-corrected chi connectivity index (χ3v) is 7.14. The number of rotatable bonds is 4. The molecule has 3 N–H and O–H groups in total. The molecule has 29 heavy (non-hydrogen) atoms. The van der Waals surface area contributed by atoms with Crippen LogP contribution in [0.4, 0.5) is 0 Å². The molecule has 152 valence electrons. The molecular formula is C19H12Cl4O5S. The fourth-order valence-electron chi connectivity index (χ4n) is 3.23. The molecule has 3 aromatic carbocycles. The standard InChI is InChI=1S/C19H12Cl4O5S/c20-12-7-4-8-13(21)15(12)19(29(26,27)28,10-5-2-1-3-6-10)11-9-14(22)18(25)16(23)17(11)24/h1-9,24-25H,(H,26,27,28). The molecule has 0 heterocycles. The van der Waals surface area contributed by atoms with Crippen molar-refractivity contribution >= 4 is 56.5 Å². The number of hydrogen-bond acceptors (Lipinski definition) is 4. The average molecular weight is 494 g/mol. The lowest BCUT2D eigenvalue weighted by atomic mass is 9.83. The molecule has 0 saturated heterocycles. The first-order valence-electron chi connectivity index (χ1n) is 7.91. The summed E-state index contributed by atoms with van der Waals surface area (Å²) in [6, 6.07) is 12.7. The van der Waals surface area contributed by atoms with Crippen LogP contribution in [-0.2, 0) is 14.9 Å². The first-order chi connectivity index (χ1) is 13.5. The minimum atomic E-state index is -5.13. The van der Waals surface area contributed by atoms with Crippen molar-refractivity contribution in [3.8, 4) is 11.5 Å². The van der Waals surface area contributed by atoms with Crippen LogP contribution in [0.25, 0.3) is 0 Å². The minimum absolute atomic E-state index is 0.00521. The third kappa shape index (κ3) is 3.44. The summed E-state index contributed by atoms with van der Waals surface area (Å²) in [5.41, 5.74) is -0.648. The molecule has 0 aromatic heterocycles. The lowest BCUT2D eigenvalue weighted by Gasteiger charge is -2.34. The molecule has 3 rings (SSSR count). The van der Waals surface area contributed by atoms with Crippen molar-refractivity contribution in [2.45, 2.75) is 4.75 Å². The highest BCUT2D eigenvalue weighted by molar-refractivity contribution is 7.87. The molecule has 5 nitrogen and oxygen atoms in total. The zero-order chi connectivity index (χ0) is 21.6. The first-order valence-corrected chi connectivity index (χ1v) is 10.9. The highest BCUT2D eigenvalue weighted by Crippen LogP contribution is 2.54. The largest absolute Gasteiger partial charge is 0.506 e. The van der Waals surface area contributed by atoms with E-state index in [9.17, 15) is 23.2 Å². The molecule has 1 unspecified atom stereocenters. The molecule has 0 aliphatic rings. The molecule has 0 bridgehead atoms. The van der Waals surface area contributed by atoms with Gasteiger partial charge in [0.15, 0.2) is 10.5 Å². The number of halogens is 4. The second-order valence-corrected chi connectivity index (χ2v) is 9.20. The van der Waals surface area contributed by atoms with Gasteiger partial charge in [-0.05, 0) is 23.8 Å². The lowest BCUT2D eigenvalue weighted by molar-refractivity contribution is 0.431. The lowest BCUT2D eigenvalue weighted by Crippen LogP contribution is -2.39. The fourth-order valence-corrected chi connectivity index (χ4v) is 5.82. The molecule has 0 amide bonds. The molecule has 0 aliphatic heterocycles. The molecule has 0 radical (unpaired) electrons. The maximum Gasteiger partial charge on any atom is 0.283 e. The Morgan fingerprint density at radius 2 is 1.31 bits per heavy atom. The Morgan fingerprint density at radius 1 is 0.759 bits per heavy atom. The van der Waals surface area contributed by atoms with E-state index >= 15 is 0 Å². The van der Waals surface area contributed by atoms with E-state index in [0.717, 1.165) is 6.07 Å². The second-order valence-electron chi connectivity index (χ2n) is 6.04. The van der Waals surface area contributed by atoms with Gasteiger partial charge in [0.2, 0.25) is 0 Å². The smallest absolute Gasteiger partial charge is 0.283 e. The summed E-state index contributed by atoms with van der Waals surface area (Å²) in [5, 5.41) is 19.5. The Hall–Kier alpha value is -1.67. The second kappa shape index (κ2) is 7.87. The van der Waals surface area contributed by atoms with Crippen LogP contribution in [0.15, 0.2) is 54.6 Å². The van der Waals surface area contributed by atoms with Gasteiger partial charge < -0.3 is 10.2 Å². The maximum absolute atomic E-state index is 13.0.